The molecule has 0 saturated carbocycles. The minimum Gasteiger partial charge on any atom is -0.423 e. The second kappa shape index (κ2) is 7.70. The van der Waals surface area contributed by atoms with E-state index < -0.39 is 0 Å². The van der Waals surface area contributed by atoms with Gasteiger partial charge in [-0.2, -0.15) is 0 Å². The molecule has 6 nitrogen and oxygen atoms in total. The fraction of sp³-hybridized carbons (Fsp3) is 0.474. The molecule has 0 aliphatic carbocycles. The molecular weight excluding hydrogens is 320 g/mol. The van der Waals surface area contributed by atoms with Crippen LogP contribution >= 0.6 is 0 Å². The number of amides is 2. The molecule has 0 bridgehead atoms. The van der Waals surface area contributed by atoms with Crippen LogP contribution in [-0.2, 0) is 4.74 Å². The van der Waals surface area contributed by atoms with E-state index in [0.717, 1.165) is 43.4 Å². The largest absolute Gasteiger partial charge is 0.423 e. The topological polar surface area (TPSA) is 71.8 Å². The maximum atomic E-state index is 12.5. The Labute approximate surface area is 146 Å². The minimum atomic E-state index is -0.388. The summed E-state index contributed by atoms with van der Waals surface area (Å²) in [5.74, 6) is 0. The lowest BCUT2D eigenvalue weighted by atomic mass is 10.1. The number of anilines is 1. The number of hydrogen-bond donors (Lipinski definition) is 1. The van der Waals surface area contributed by atoms with Crippen molar-refractivity contribution < 1.29 is 13.9 Å². The van der Waals surface area contributed by atoms with Gasteiger partial charge in [-0.25, -0.2) is 9.59 Å². The number of benzene rings is 1. The van der Waals surface area contributed by atoms with E-state index in [0.29, 0.717) is 17.8 Å². The molecule has 1 aliphatic rings. The highest BCUT2D eigenvalue weighted by Gasteiger charge is 2.24. The van der Waals surface area contributed by atoms with E-state index >= 15 is 0 Å². The van der Waals surface area contributed by atoms with Crippen LogP contribution in [0, 0.1) is 6.92 Å². The van der Waals surface area contributed by atoms with Crippen molar-refractivity contribution in [2.75, 3.05) is 25.0 Å². The molecule has 134 valence electrons. The number of nitrogens with one attached hydrogen (secondary N) is 1. The van der Waals surface area contributed by atoms with Gasteiger partial charge in [-0.3, -0.25) is 0 Å². The summed E-state index contributed by atoms with van der Waals surface area (Å²) in [6.07, 6.45) is 3.01. The highest BCUT2D eigenvalue weighted by molar-refractivity contribution is 5.92. The Hall–Kier alpha value is -2.34. The van der Waals surface area contributed by atoms with E-state index in [1.54, 1.807) is 11.0 Å². The number of nitrogens with zero attached hydrogens (tertiary/aromatic N) is 1. The van der Waals surface area contributed by atoms with Crippen LogP contribution in [0.25, 0.3) is 11.0 Å². The third kappa shape index (κ3) is 4.20. The maximum Gasteiger partial charge on any atom is 0.336 e. The molecule has 1 fully saturated rings. The average Bonchev–Trinajstić information content (AvgIpc) is 2.59. The minimum absolute atomic E-state index is 0.108. The van der Waals surface area contributed by atoms with Crippen LogP contribution in [0.5, 0.6) is 0 Å². The fourth-order valence-corrected chi connectivity index (χ4v) is 3.15. The molecule has 3 rings (SSSR count). The van der Waals surface area contributed by atoms with Crippen LogP contribution in [-0.4, -0.2) is 36.7 Å². The molecule has 2 heterocycles. The molecule has 0 radical (unpaired) electrons. The molecule has 1 saturated heterocycles. The monoisotopic (exact) mass is 344 g/mol. The van der Waals surface area contributed by atoms with Crippen molar-refractivity contribution in [1.29, 1.82) is 0 Å². The molecule has 0 unspecified atom stereocenters. The summed E-state index contributed by atoms with van der Waals surface area (Å²) >= 11 is 0. The van der Waals surface area contributed by atoms with E-state index in [-0.39, 0.29) is 17.8 Å². The zero-order valence-corrected chi connectivity index (χ0v) is 14.7. The first kappa shape index (κ1) is 17.5. The van der Waals surface area contributed by atoms with Gasteiger partial charge in [0.05, 0.1) is 6.10 Å². The smallest absolute Gasteiger partial charge is 0.336 e. The normalized spacial score (nSPS) is 17.7. The van der Waals surface area contributed by atoms with Crippen LogP contribution in [0.4, 0.5) is 10.5 Å². The maximum absolute atomic E-state index is 12.5. The Balaban J connectivity index is 1.70. The van der Waals surface area contributed by atoms with Gasteiger partial charge in [0.25, 0.3) is 0 Å². The lowest BCUT2D eigenvalue weighted by Gasteiger charge is -2.32. The number of hydrogen-bond acceptors (Lipinski definition) is 4. The van der Waals surface area contributed by atoms with Crippen LogP contribution in [0.2, 0.25) is 0 Å². The molecule has 6 heteroatoms. The molecule has 25 heavy (non-hydrogen) atoms. The first-order valence-corrected chi connectivity index (χ1v) is 8.79. The van der Waals surface area contributed by atoms with Gasteiger partial charge in [-0.15, -0.1) is 0 Å². The summed E-state index contributed by atoms with van der Waals surface area (Å²) in [6.45, 7) is 5.99. The SMILES string of the molecule is CCCO[C@H]1CCCN(C(=O)Nc2ccc3c(C)cc(=O)oc3c2)C1. The Bertz CT molecular complexity index is 815. The lowest BCUT2D eigenvalue weighted by Crippen LogP contribution is -2.45. The summed E-state index contributed by atoms with van der Waals surface area (Å²) in [4.78, 5) is 25.8. The molecule has 1 N–H and O–H groups in total. The lowest BCUT2D eigenvalue weighted by molar-refractivity contribution is 0.0115. The van der Waals surface area contributed by atoms with Gasteiger partial charge < -0.3 is 19.4 Å². The number of carbonyl (C=O) groups excluding carboxylic acids is 1. The summed E-state index contributed by atoms with van der Waals surface area (Å²) in [5, 5.41) is 3.75. The van der Waals surface area contributed by atoms with Gasteiger partial charge in [-0.1, -0.05) is 6.92 Å². The molecule has 2 amide bonds. The van der Waals surface area contributed by atoms with Crippen LogP contribution in [0.1, 0.15) is 31.7 Å². The molecular formula is C19H24N2O4. The fourth-order valence-electron chi connectivity index (χ4n) is 3.15. The molecule has 1 atom stereocenters. The molecule has 1 aromatic carbocycles. The summed E-state index contributed by atoms with van der Waals surface area (Å²) in [6, 6.07) is 6.68. The number of urea groups is 1. The Morgan fingerprint density at radius 2 is 2.24 bits per heavy atom. The van der Waals surface area contributed by atoms with Crippen LogP contribution < -0.4 is 10.9 Å². The Morgan fingerprint density at radius 3 is 3.04 bits per heavy atom. The predicted octanol–water partition coefficient (Wildman–Crippen LogP) is 3.52. The standard InChI is InChI=1S/C19H24N2O4/c1-3-9-24-15-5-4-8-21(12-15)19(23)20-14-6-7-16-13(2)10-18(22)25-17(16)11-14/h6-7,10-11,15H,3-5,8-9,12H2,1-2H3,(H,20,23)/t15-/m0/s1. The summed E-state index contributed by atoms with van der Waals surface area (Å²) in [7, 11) is 0. The van der Waals surface area contributed by atoms with Crippen molar-refractivity contribution in [2.24, 2.45) is 0 Å². The van der Waals surface area contributed by atoms with Gasteiger partial charge in [0.1, 0.15) is 5.58 Å². The van der Waals surface area contributed by atoms with E-state index in [4.69, 9.17) is 9.15 Å². The average molecular weight is 344 g/mol. The van der Waals surface area contributed by atoms with E-state index in [2.05, 4.69) is 12.2 Å². The number of rotatable bonds is 4. The van der Waals surface area contributed by atoms with Crippen molar-refractivity contribution in [1.82, 2.24) is 4.90 Å². The number of aryl methyl sites for hydroxylation is 1. The molecule has 2 aromatic rings. The highest BCUT2D eigenvalue weighted by Crippen LogP contribution is 2.21. The second-order valence-electron chi connectivity index (χ2n) is 6.47. The third-order valence-electron chi connectivity index (χ3n) is 4.43. The number of piperidine rings is 1. The number of fused-ring (bicyclic) bond motifs is 1. The predicted molar refractivity (Wildman–Crippen MR) is 97.1 cm³/mol. The van der Waals surface area contributed by atoms with E-state index in [1.165, 1.54) is 6.07 Å². The van der Waals surface area contributed by atoms with Crippen molar-refractivity contribution in [3.63, 3.8) is 0 Å². The van der Waals surface area contributed by atoms with E-state index in [1.807, 2.05) is 19.1 Å². The van der Waals surface area contributed by atoms with Gasteiger partial charge in [0, 0.05) is 42.9 Å². The second-order valence-corrected chi connectivity index (χ2v) is 6.47. The van der Waals surface area contributed by atoms with Gasteiger partial charge in [-0.05, 0) is 43.9 Å². The quantitative estimate of drug-likeness (QED) is 0.861. The third-order valence-corrected chi connectivity index (χ3v) is 4.43. The zero-order valence-electron chi connectivity index (χ0n) is 14.7. The van der Waals surface area contributed by atoms with Gasteiger partial charge >= 0.3 is 11.7 Å². The van der Waals surface area contributed by atoms with Crippen molar-refractivity contribution in [3.8, 4) is 0 Å². The Kier molecular flexibility index (Phi) is 5.38. The number of carbonyl (C=O) groups is 1. The van der Waals surface area contributed by atoms with Gasteiger partial charge in [0.2, 0.25) is 0 Å². The van der Waals surface area contributed by atoms with Crippen molar-refractivity contribution in [3.05, 3.63) is 40.2 Å². The highest BCUT2D eigenvalue weighted by atomic mass is 16.5. The Morgan fingerprint density at radius 1 is 1.40 bits per heavy atom. The van der Waals surface area contributed by atoms with E-state index in [9.17, 15) is 9.59 Å². The number of ether oxygens (including phenoxy) is 1. The zero-order chi connectivity index (χ0) is 17.8. The first-order valence-electron chi connectivity index (χ1n) is 8.79. The van der Waals surface area contributed by atoms with Crippen LogP contribution in [0.15, 0.2) is 33.5 Å². The number of likely N-dealkylation sites (tertiary alicyclic amines) is 1. The molecule has 0 spiro atoms. The first-order chi connectivity index (χ1) is 12.1. The molecule has 1 aliphatic heterocycles. The molecule has 1 aromatic heterocycles. The van der Waals surface area contributed by atoms with Gasteiger partial charge in [0.15, 0.2) is 0 Å². The van der Waals surface area contributed by atoms with Crippen molar-refractivity contribution in [2.45, 2.75) is 39.2 Å². The summed E-state index contributed by atoms with van der Waals surface area (Å²) in [5.41, 5.74) is 1.56. The van der Waals surface area contributed by atoms with Crippen LogP contribution in [0.3, 0.4) is 0 Å². The summed E-state index contributed by atoms with van der Waals surface area (Å²) < 4.78 is 11.0. The van der Waals surface area contributed by atoms with Crippen molar-refractivity contribution >= 4 is 22.7 Å².